The summed E-state index contributed by atoms with van der Waals surface area (Å²) in [5, 5.41) is 27.1. The van der Waals surface area contributed by atoms with Crippen molar-refractivity contribution in [2.75, 3.05) is 18.8 Å². The fourth-order valence-electron chi connectivity index (χ4n) is 3.52. The van der Waals surface area contributed by atoms with Crippen molar-refractivity contribution in [3.63, 3.8) is 0 Å². The molecule has 4 rings (SSSR count). The van der Waals surface area contributed by atoms with Crippen LogP contribution in [0.1, 0.15) is 31.5 Å². The van der Waals surface area contributed by atoms with Crippen molar-refractivity contribution < 1.29 is 5.11 Å². The van der Waals surface area contributed by atoms with E-state index in [9.17, 15) is 5.11 Å². The van der Waals surface area contributed by atoms with E-state index in [1.54, 1.807) is 18.2 Å². The number of rotatable bonds is 3. The summed E-state index contributed by atoms with van der Waals surface area (Å²) in [4.78, 5) is 0. The van der Waals surface area contributed by atoms with Gasteiger partial charge in [0.05, 0.1) is 17.4 Å². The van der Waals surface area contributed by atoms with Gasteiger partial charge in [0.2, 0.25) is 0 Å². The van der Waals surface area contributed by atoms with Gasteiger partial charge in [0.15, 0.2) is 0 Å². The standard InChI is InChI=1S/C18H22N6O/c1-2-13-17-18(24(23-13)11-7-9-20-10-8-11)15(19)16(21-22-17)12-5-3-4-6-14(12)25/h3-6,11,20,25H,2,7-10H2,1H3,(H2,19,22). The molecule has 1 aromatic carbocycles. The van der Waals surface area contributed by atoms with Crippen LogP contribution in [0.25, 0.3) is 22.3 Å². The highest BCUT2D eigenvalue weighted by Crippen LogP contribution is 2.36. The lowest BCUT2D eigenvalue weighted by Crippen LogP contribution is -2.30. The van der Waals surface area contributed by atoms with E-state index in [-0.39, 0.29) is 5.75 Å². The van der Waals surface area contributed by atoms with Gasteiger partial charge in [-0.05, 0) is 44.5 Å². The maximum Gasteiger partial charge on any atom is 0.136 e. The Kier molecular flexibility index (Phi) is 4.01. The first-order valence-corrected chi connectivity index (χ1v) is 8.73. The van der Waals surface area contributed by atoms with Crippen molar-refractivity contribution in [2.45, 2.75) is 32.2 Å². The molecule has 0 saturated carbocycles. The van der Waals surface area contributed by atoms with Crippen LogP contribution in [0.5, 0.6) is 5.75 Å². The maximum absolute atomic E-state index is 10.2. The zero-order valence-electron chi connectivity index (χ0n) is 14.2. The molecule has 0 atom stereocenters. The molecule has 0 unspecified atom stereocenters. The number of nitrogens with two attached hydrogens (primary N) is 1. The van der Waals surface area contributed by atoms with Gasteiger partial charge in [-0.3, -0.25) is 4.68 Å². The van der Waals surface area contributed by atoms with E-state index >= 15 is 0 Å². The first kappa shape index (κ1) is 15.8. The molecule has 3 heterocycles. The molecule has 1 saturated heterocycles. The molecule has 0 bridgehead atoms. The summed E-state index contributed by atoms with van der Waals surface area (Å²) in [6, 6.07) is 7.35. The highest BCUT2D eigenvalue weighted by molar-refractivity contribution is 5.96. The van der Waals surface area contributed by atoms with Crippen LogP contribution in [0.15, 0.2) is 24.3 Å². The van der Waals surface area contributed by atoms with Crippen molar-refractivity contribution in [3.8, 4) is 17.0 Å². The van der Waals surface area contributed by atoms with E-state index in [0.717, 1.165) is 49.1 Å². The number of hydrogen-bond donors (Lipinski definition) is 3. The zero-order valence-corrected chi connectivity index (χ0v) is 14.2. The molecule has 1 aliphatic heterocycles. The van der Waals surface area contributed by atoms with E-state index in [4.69, 9.17) is 10.8 Å². The highest BCUT2D eigenvalue weighted by atomic mass is 16.3. The number of nitrogen functional groups attached to an aromatic ring is 1. The molecular weight excluding hydrogens is 316 g/mol. The normalized spacial score (nSPS) is 15.7. The molecule has 0 aliphatic carbocycles. The van der Waals surface area contributed by atoms with Crippen molar-refractivity contribution in [1.82, 2.24) is 25.3 Å². The largest absolute Gasteiger partial charge is 0.507 e. The number of anilines is 1. The van der Waals surface area contributed by atoms with Crippen LogP contribution in [-0.2, 0) is 6.42 Å². The Bertz CT molecular complexity index is 913. The summed E-state index contributed by atoms with van der Waals surface area (Å²) in [6.07, 6.45) is 2.79. The first-order chi connectivity index (χ1) is 12.2. The van der Waals surface area contributed by atoms with E-state index in [1.165, 1.54) is 0 Å². The summed E-state index contributed by atoms with van der Waals surface area (Å²) >= 11 is 0. The van der Waals surface area contributed by atoms with Crippen molar-refractivity contribution in [3.05, 3.63) is 30.0 Å². The SMILES string of the molecule is CCc1nn(C2CCNCC2)c2c(N)c(-c3ccccc3O)nnc12. The molecule has 2 aromatic heterocycles. The number of nitrogens with one attached hydrogen (secondary N) is 1. The number of hydrogen-bond acceptors (Lipinski definition) is 6. The predicted octanol–water partition coefficient (Wildman–Crippen LogP) is 2.27. The van der Waals surface area contributed by atoms with Gasteiger partial charge in [0, 0.05) is 5.56 Å². The van der Waals surface area contributed by atoms with E-state index in [2.05, 4.69) is 22.4 Å². The number of aryl methyl sites for hydroxylation is 1. The smallest absolute Gasteiger partial charge is 0.136 e. The predicted molar refractivity (Wildman–Crippen MR) is 97.4 cm³/mol. The van der Waals surface area contributed by atoms with Crippen LogP contribution in [-0.4, -0.2) is 38.2 Å². The number of nitrogens with zero attached hydrogens (tertiary/aromatic N) is 4. The Morgan fingerprint density at radius 2 is 2.00 bits per heavy atom. The number of phenolic OH excluding ortho intramolecular Hbond substituents is 1. The Balaban J connectivity index is 1.94. The second-order valence-electron chi connectivity index (χ2n) is 6.40. The summed E-state index contributed by atoms with van der Waals surface area (Å²) in [6.45, 7) is 4.00. The molecule has 1 aliphatic rings. The van der Waals surface area contributed by atoms with E-state index in [1.807, 2.05) is 10.7 Å². The fraction of sp³-hybridized carbons (Fsp3) is 0.389. The summed E-state index contributed by atoms with van der Waals surface area (Å²) in [5.41, 5.74) is 10.6. The summed E-state index contributed by atoms with van der Waals surface area (Å²) < 4.78 is 2.03. The van der Waals surface area contributed by atoms with Gasteiger partial charge in [0.1, 0.15) is 22.5 Å². The monoisotopic (exact) mass is 338 g/mol. The minimum atomic E-state index is 0.145. The quantitative estimate of drug-likeness (QED) is 0.677. The van der Waals surface area contributed by atoms with Crippen LogP contribution in [0, 0.1) is 0 Å². The fourth-order valence-corrected chi connectivity index (χ4v) is 3.52. The van der Waals surface area contributed by atoms with Gasteiger partial charge in [-0.15, -0.1) is 10.2 Å². The van der Waals surface area contributed by atoms with Crippen molar-refractivity contribution in [1.29, 1.82) is 0 Å². The number of para-hydroxylation sites is 1. The molecule has 130 valence electrons. The molecule has 0 radical (unpaired) electrons. The number of piperidine rings is 1. The minimum Gasteiger partial charge on any atom is -0.507 e. The lowest BCUT2D eigenvalue weighted by atomic mass is 10.1. The number of fused-ring (bicyclic) bond motifs is 1. The van der Waals surface area contributed by atoms with Crippen LogP contribution >= 0.6 is 0 Å². The highest BCUT2D eigenvalue weighted by Gasteiger charge is 2.24. The zero-order chi connectivity index (χ0) is 17.4. The molecule has 0 spiro atoms. The van der Waals surface area contributed by atoms with E-state index < -0.39 is 0 Å². The van der Waals surface area contributed by atoms with Gasteiger partial charge in [-0.1, -0.05) is 19.1 Å². The molecule has 3 aromatic rings. The maximum atomic E-state index is 10.2. The van der Waals surface area contributed by atoms with Crippen LogP contribution in [0.2, 0.25) is 0 Å². The lowest BCUT2D eigenvalue weighted by molar-refractivity contribution is 0.350. The van der Waals surface area contributed by atoms with Gasteiger partial charge < -0.3 is 16.2 Å². The number of phenols is 1. The molecule has 7 nitrogen and oxygen atoms in total. The minimum absolute atomic E-state index is 0.145. The van der Waals surface area contributed by atoms with Gasteiger partial charge in [-0.25, -0.2) is 0 Å². The lowest BCUT2D eigenvalue weighted by Gasteiger charge is -2.24. The summed E-state index contributed by atoms with van der Waals surface area (Å²) in [5.74, 6) is 0.145. The molecule has 25 heavy (non-hydrogen) atoms. The van der Waals surface area contributed by atoms with Crippen molar-refractivity contribution in [2.24, 2.45) is 0 Å². The van der Waals surface area contributed by atoms with Crippen LogP contribution in [0.3, 0.4) is 0 Å². The summed E-state index contributed by atoms with van der Waals surface area (Å²) in [7, 11) is 0. The number of aromatic nitrogens is 4. The topological polar surface area (TPSA) is 102 Å². The molecule has 1 fully saturated rings. The van der Waals surface area contributed by atoms with Crippen LogP contribution < -0.4 is 11.1 Å². The second kappa shape index (κ2) is 6.33. The van der Waals surface area contributed by atoms with Gasteiger partial charge in [-0.2, -0.15) is 5.10 Å². The van der Waals surface area contributed by atoms with E-state index in [0.29, 0.717) is 23.0 Å². The molecular formula is C18H22N6O. The van der Waals surface area contributed by atoms with Crippen molar-refractivity contribution >= 4 is 16.7 Å². The average molecular weight is 338 g/mol. The average Bonchev–Trinajstić information content (AvgIpc) is 3.03. The third kappa shape index (κ3) is 2.60. The molecule has 0 amide bonds. The Labute approximate surface area is 145 Å². The Hall–Kier alpha value is -2.67. The Morgan fingerprint density at radius 1 is 1.24 bits per heavy atom. The van der Waals surface area contributed by atoms with Gasteiger partial charge in [0.25, 0.3) is 0 Å². The number of aromatic hydroxyl groups is 1. The molecule has 4 N–H and O–H groups in total. The third-order valence-corrected chi connectivity index (χ3v) is 4.86. The Morgan fingerprint density at radius 3 is 2.72 bits per heavy atom. The second-order valence-corrected chi connectivity index (χ2v) is 6.40. The van der Waals surface area contributed by atoms with Crippen LogP contribution in [0.4, 0.5) is 5.69 Å². The first-order valence-electron chi connectivity index (χ1n) is 8.73. The van der Waals surface area contributed by atoms with Gasteiger partial charge >= 0.3 is 0 Å². The molecule has 7 heteroatoms. The third-order valence-electron chi connectivity index (χ3n) is 4.86. The number of benzene rings is 1.